The topological polar surface area (TPSA) is 131 Å². The molecule has 4 aromatic rings. The second-order valence-electron chi connectivity index (χ2n) is 9.05. The zero-order valence-corrected chi connectivity index (χ0v) is 22.4. The number of H-pyrrole nitrogens is 1. The molecule has 10 nitrogen and oxygen atoms in total. The van der Waals surface area contributed by atoms with Crippen LogP contribution in [0.15, 0.2) is 48.5 Å². The van der Waals surface area contributed by atoms with Gasteiger partial charge in [0.2, 0.25) is 5.82 Å². The molecule has 1 unspecified atom stereocenters. The third kappa shape index (κ3) is 6.27. The number of likely N-dealkylation sites (N-methyl/N-ethyl adjacent to an activating group) is 1. The number of halogens is 1. The summed E-state index contributed by atoms with van der Waals surface area (Å²) in [6, 6.07) is 15.3. The lowest BCUT2D eigenvalue weighted by molar-refractivity contribution is -0.150. The smallest absolute Gasteiger partial charge is 0.326 e. The van der Waals surface area contributed by atoms with E-state index in [1.54, 1.807) is 7.05 Å². The van der Waals surface area contributed by atoms with E-state index in [9.17, 15) is 9.90 Å². The van der Waals surface area contributed by atoms with E-state index in [1.807, 2.05) is 28.8 Å². The summed E-state index contributed by atoms with van der Waals surface area (Å²) in [5.41, 5.74) is 4.58. The van der Waals surface area contributed by atoms with Crippen molar-refractivity contribution in [3.05, 3.63) is 70.8 Å². The first-order chi connectivity index (χ1) is 18.4. The largest absolute Gasteiger partial charge is 0.458 e. The molecular formula is C27H32ClN7O3. The summed E-state index contributed by atoms with van der Waals surface area (Å²) in [5.74, 6) is 0.828. The molecule has 0 spiro atoms. The number of carbonyl (C=O) groups is 1. The Morgan fingerprint density at radius 3 is 2.55 bits per heavy atom. The summed E-state index contributed by atoms with van der Waals surface area (Å²) >= 11 is 6.52. The van der Waals surface area contributed by atoms with Crippen molar-refractivity contribution < 1.29 is 14.6 Å². The number of carbonyl (C=O) groups excluding carboxylic acids is 1. The van der Waals surface area contributed by atoms with Crippen molar-refractivity contribution in [2.75, 3.05) is 7.05 Å². The van der Waals surface area contributed by atoms with Gasteiger partial charge in [0.05, 0.1) is 11.8 Å². The van der Waals surface area contributed by atoms with E-state index in [-0.39, 0.29) is 6.61 Å². The van der Waals surface area contributed by atoms with E-state index in [2.05, 4.69) is 62.1 Å². The highest BCUT2D eigenvalue weighted by Crippen LogP contribution is 2.30. The van der Waals surface area contributed by atoms with E-state index >= 15 is 0 Å². The van der Waals surface area contributed by atoms with Crippen LogP contribution in [0.4, 0.5) is 0 Å². The molecule has 2 aromatic heterocycles. The normalized spacial score (nSPS) is 12.9. The van der Waals surface area contributed by atoms with E-state index in [0.717, 1.165) is 47.3 Å². The molecule has 0 saturated carbocycles. The van der Waals surface area contributed by atoms with E-state index < -0.39 is 18.1 Å². The lowest BCUT2D eigenvalue weighted by Gasteiger charge is -2.18. The van der Waals surface area contributed by atoms with Crippen molar-refractivity contribution in [1.29, 1.82) is 0 Å². The molecule has 0 aliphatic rings. The predicted octanol–water partition coefficient (Wildman–Crippen LogP) is 3.79. The fourth-order valence-corrected chi connectivity index (χ4v) is 4.57. The highest BCUT2D eigenvalue weighted by atomic mass is 35.5. The van der Waals surface area contributed by atoms with Gasteiger partial charge < -0.3 is 19.7 Å². The molecular weight excluding hydrogens is 506 g/mol. The number of aromatic nitrogens is 6. The van der Waals surface area contributed by atoms with Crippen LogP contribution in [0.25, 0.3) is 22.5 Å². The van der Waals surface area contributed by atoms with Gasteiger partial charge in [-0.2, -0.15) is 5.21 Å². The van der Waals surface area contributed by atoms with Crippen LogP contribution in [-0.2, 0) is 29.1 Å². The fourth-order valence-electron chi connectivity index (χ4n) is 4.32. The number of tetrazole rings is 1. The van der Waals surface area contributed by atoms with E-state index in [1.165, 1.54) is 6.92 Å². The van der Waals surface area contributed by atoms with E-state index in [0.29, 0.717) is 23.2 Å². The molecule has 0 saturated heterocycles. The van der Waals surface area contributed by atoms with Crippen LogP contribution >= 0.6 is 11.6 Å². The number of aliphatic hydroxyl groups is 1. The molecule has 0 aliphatic heterocycles. The quantitative estimate of drug-likeness (QED) is 0.233. The fraction of sp³-hybridized carbons (Fsp3) is 0.370. The Bertz CT molecular complexity index is 1340. The van der Waals surface area contributed by atoms with Crippen LogP contribution in [-0.4, -0.2) is 60.4 Å². The van der Waals surface area contributed by atoms with Crippen LogP contribution in [0.5, 0.6) is 0 Å². The number of ether oxygens (including phenoxy) is 1. The molecule has 0 fully saturated rings. The number of hydrogen-bond donors (Lipinski definition) is 3. The number of benzene rings is 2. The summed E-state index contributed by atoms with van der Waals surface area (Å²) < 4.78 is 7.54. The Morgan fingerprint density at radius 1 is 1.18 bits per heavy atom. The minimum absolute atomic E-state index is 0.0438. The number of aromatic amines is 1. The van der Waals surface area contributed by atoms with Gasteiger partial charge in [0, 0.05) is 18.5 Å². The lowest BCUT2D eigenvalue weighted by Crippen LogP contribution is -2.43. The van der Waals surface area contributed by atoms with Crippen molar-refractivity contribution in [2.24, 2.45) is 0 Å². The third-order valence-corrected chi connectivity index (χ3v) is 6.68. The van der Waals surface area contributed by atoms with Crippen LogP contribution in [0.3, 0.4) is 0 Å². The van der Waals surface area contributed by atoms with E-state index in [4.69, 9.17) is 16.3 Å². The van der Waals surface area contributed by atoms with Crippen molar-refractivity contribution in [2.45, 2.75) is 58.4 Å². The van der Waals surface area contributed by atoms with Crippen LogP contribution in [0.1, 0.15) is 43.8 Å². The van der Waals surface area contributed by atoms with Gasteiger partial charge in [-0.25, -0.2) is 4.98 Å². The molecule has 38 heavy (non-hydrogen) atoms. The van der Waals surface area contributed by atoms with Crippen LogP contribution < -0.4 is 5.32 Å². The minimum Gasteiger partial charge on any atom is -0.458 e. The number of aliphatic hydroxyl groups excluding tert-OH is 1. The summed E-state index contributed by atoms with van der Waals surface area (Å²) in [7, 11) is 1.60. The van der Waals surface area contributed by atoms with Gasteiger partial charge in [0.1, 0.15) is 18.5 Å². The molecule has 0 aliphatic carbocycles. The Hall–Kier alpha value is -3.60. The first-order valence-electron chi connectivity index (χ1n) is 12.6. The number of unbranched alkanes of at least 4 members (excludes halogenated alkanes) is 1. The SMILES string of the molecule is CCCCc1nc(Cl)c(COC(=O)C(NC)[C@H](C)O)n1Cc1ccc(-c2ccccc2-c2nn[nH]n2)cc1. The summed E-state index contributed by atoms with van der Waals surface area (Å²) in [6.07, 6.45) is 1.84. The molecule has 2 aromatic carbocycles. The van der Waals surface area contributed by atoms with Crippen molar-refractivity contribution in [3.8, 4) is 22.5 Å². The molecule has 0 bridgehead atoms. The predicted molar refractivity (Wildman–Crippen MR) is 144 cm³/mol. The van der Waals surface area contributed by atoms with Gasteiger partial charge in [0.25, 0.3) is 0 Å². The number of aryl methyl sites for hydroxylation is 1. The highest BCUT2D eigenvalue weighted by Gasteiger charge is 2.25. The summed E-state index contributed by atoms with van der Waals surface area (Å²) in [4.78, 5) is 17.1. The van der Waals surface area contributed by atoms with Gasteiger partial charge in [-0.15, -0.1) is 10.2 Å². The Balaban J connectivity index is 1.58. The number of rotatable bonds is 12. The van der Waals surface area contributed by atoms with Gasteiger partial charge in [0.15, 0.2) is 5.15 Å². The number of nitrogens with zero attached hydrogens (tertiary/aromatic N) is 5. The molecule has 0 radical (unpaired) electrons. The zero-order valence-electron chi connectivity index (χ0n) is 21.7. The van der Waals surface area contributed by atoms with Crippen molar-refractivity contribution in [3.63, 3.8) is 0 Å². The standard InChI is InChI=1S/C27H32ClN7O3/c1-4-5-10-23-30-25(28)22(16-38-27(37)24(29-3)17(2)36)35(23)15-18-11-13-19(14-12-18)20-8-6-7-9-21(20)26-31-33-34-32-26/h6-9,11-14,17,24,29,36H,4-5,10,15-16H2,1-3H3,(H,31,32,33,34)/t17-,24?/m0/s1. The second kappa shape index (κ2) is 12.8. The Labute approximate surface area is 226 Å². The first kappa shape index (κ1) is 27.4. The molecule has 3 N–H and O–H groups in total. The molecule has 4 rings (SSSR count). The minimum atomic E-state index is -0.892. The summed E-state index contributed by atoms with van der Waals surface area (Å²) in [5, 5.41) is 27.4. The molecule has 200 valence electrons. The van der Waals surface area contributed by atoms with Crippen molar-refractivity contribution >= 4 is 17.6 Å². The number of esters is 1. The molecule has 11 heteroatoms. The first-order valence-corrected chi connectivity index (χ1v) is 13.0. The maximum absolute atomic E-state index is 12.5. The Kier molecular flexibility index (Phi) is 9.22. The van der Waals surface area contributed by atoms with Gasteiger partial charge in [-0.05, 0) is 42.3 Å². The molecule has 0 amide bonds. The number of nitrogens with one attached hydrogen (secondary N) is 2. The van der Waals surface area contributed by atoms with Crippen LogP contribution in [0.2, 0.25) is 5.15 Å². The summed E-state index contributed by atoms with van der Waals surface area (Å²) in [6.45, 7) is 4.13. The average Bonchev–Trinajstić information content (AvgIpc) is 3.55. The van der Waals surface area contributed by atoms with Crippen molar-refractivity contribution in [1.82, 2.24) is 35.5 Å². The average molecular weight is 538 g/mol. The van der Waals surface area contributed by atoms with Gasteiger partial charge in [-0.1, -0.05) is 73.5 Å². The molecule has 2 atom stereocenters. The highest BCUT2D eigenvalue weighted by molar-refractivity contribution is 6.30. The lowest BCUT2D eigenvalue weighted by atomic mass is 9.98. The maximum atomic E-state index is 12.5. The zero-order chi connectivity index (χ0) is 27.1. The number of imidazole rings is 1. The van der Waals surface area contributed by atoms with Crippen LogP contribution in [0, 0.1) is 0 Å². The monoisotopic (exact) mass is 537 g/mol. The van der Waals surface area contributed by atoms with Gasteiger partial charge in [-0.3, -0.25) is 4.79 Å². The van der Waals surface area contributed by atoms with Gasteiger partial charge >= 0.3 is 5.97 Å². The maximum Gasteiger partial charge on any atom is 0.326 e. The molecule has 2 heterocycles. The second-order valence-corrected chi connectivity index (χ2v) is 9.41. The number of hydrogen-bond acceptors (Lipinski definition) is 8. The Morgan fingerprint density at radius 2 is 1.92 bits per heavy atom. The third-order valence-electron chi connectivity index (χ3n) is 6.37.